The molecule has 2 aromatic rings. The van der Waals surface area contributed by atoms with Crippen LogP contribution in [0.1, 0.15) is 17.5 Å². The smallest absolute Gasteiger partial charge is 0.248 e. The highest BCUT2D eigenvalue weighted by Crippen LogP contribution is 2.19. The van der Waals surface area contributed by atoms with Crippen molar-refractivity contribution in [2.24, 2.45) is 5.73 Å². The van der Waals surface area contributed by atoms with Crippen LogP contribution >= 0.6 is 0 Å². The van der Waals surface area contributed by atoms with Gasteiger partial charge >= 0.3 is 0 Å². The van der Waals surface area contributed by atoms with Crippen LogP contribution in [0.4, 0.5) is 14.6 Å². The number of amides is 2. The van der Waals surface area contributed by atoms with E-state index in [1.165, 1.54) is 6.07 Å². The number of pyridine rings is 1. The predicted molar refractivity (Wildman–Crippen MR) is 91.2 cm³/mol. The normalized spacial score (nSPS) is 17.2. The summed E-state index contributed by atoms with van der Waals surface area (Å²) in [4.78, 5) is 28.3. The number of carbonyl (C=O) groups excluding carboxylic acids is 2. The van der Waals surface area contributed by atoms with Gasteiger partial charge in [-0.25, -0.2) is 13.8 Å². The molecular weight excluding hydrogens is 342 g/mol. The van der Waals surface area contributed by atoms with Gasteiger partial charge in [0.05, 0.1) is 0 Å². The van der Waals surface area contributed by atoms with Crippen molar-refractivity contribution in [1.82, 2.24) is 10.3 Å². The Labute approximate surface area is 148 Å². The average molecular weight is 360 g/mol. The summed E-state index contributed by atoms with van der Waals surface area (Å²) in [7, 11) is 0. The van der Waals surface area contributed by atoms with Gasteiger partial charge in [0.1, 0.15) is 11.9 Å². The molecule has 0 saturated heterocycles. The molecule has 0 spiro atoms. The summed E-state index contributed by atoms with van der Waals surface area (Å²) in [5, 5.41) is 5.30. The largest absolute Gasteiger partial charge is 0.344 e. The molecule has 26 heavy (non-hydrogen) atoms. The van der Waals surface area contributed by atoms with Gasteiger partial charge in [-0.2, -0.15) is 0 Å². The number of anilines is 1. The van der Waals surface area contributed by atoms with Crippen molar-refractivity contribution in [3.05, 3.63) is 59.3 Å². The summed E-state index contributed by atoms with van der Waals surface area (Å²) in [6.45, 7) is 0. The fourth-order valence-electron chi connectivity index (χ4n) is 2.88. The second-order valence-corrected chi connectivity index (χ2v) is 6.24. The average Bonchev–Trinajstić information content (AvgIpc) is 2.58. The Morgan fingerprint density at radius 1 is 1.35 bits per heavy atom. The van der Waals surface area contributed by atoms with E-state index in [4.69, 9.17) is 5.73 Å². The van der Waals surface area contributed by atoms with Crippen molar-refractivity contribution in [2.75, 3.05) is 5.32 Å². The van der Waals surface area contributed by atoms with Crippen LogP contribution in [0, 0.1) is 11.6 Å². The molecule has 0 aliphatic carbocycles. The maximum Gasteiger partial charge on any atom is 0.248 e. The van der Waals surface area contributed by atoms with Crippen molar-refractivity contribution in [3.63, 3.8) is 0 Å². The second-order valence-electron chi connectivity index (χ2n) is 6.24. The first-order valence-electron chi connectivity index (χ1n) is 8.16. The Balaban J connectivity index is 1.55. The molecule has 1 aliphatic rings. The van der Waals surface area contributed by atoms with Crippen LogP contribution in [0.2, 0.25) is 0 Å². The number of nitrogens with one attached hydrogen (secondary N) is 2. The summed E-state index contributed by atoms with van der Waals surface area (Å²) >= 11 is 0. The third-order valence-corrected chi connectivity index (χ3v) is 4.14. The zero-order chi connectivity index (χ0) is 18.7. The highest BCUT2D eigenvalue weighted by molar-refractivity contribution is 5.99. The van der Waals surface area contributed by atoms with Crippen LogP contribution in [0.15, 0.2) is 36.5 Å². The highest BCUT2D eigenvalue weighted by Gasteiger charge is 2.28. The Hall–Kier alpha value is -2.87. The van der Waals surface area contributed by atoms with E-state index in [1.54, 1.807) is 12.3 Å². The maximum absolute atomic E-state index is 13.2. The van der Waals surface area contributed by atoms with Crippen LogP contribution < -0.4 is 16.4 Å². The van der Waals surface area contributed by atoms with Crippen LogP contribution in [-0.4, -0.2) is 28.9 Å². The van der Waals surface area contributed by atoms with Gasteiger partial charge < -0.3 is 16.4 Å². The lowest BCUT2D eigenvalue weighted by Gasteiger charge is -2.25. The van der Waals surface area contributed by atoms with Gasteiger partial charge in [0.2, 0.25) is 11.8 Å². The van der Waals surface area contributed by atoms with Gasteiger partial charge in [-0.05, 0) is 35.7 Å². The lowest BCUT2D eigenvalue weighted by molar-refractivity contribution is -0.126. The van der Waals surface area contributed by atoms with E-state index in [9.17, 15) is 18.4 Å². The molecule has 4 N–H and O–H groups in total. The first kappa shape index (κ1) is 17.9. The third-order valence-electron chi connectivity index (χ3n) is 4.14. The Morgan fingerprint density at radius 2 is 2.15 bits per heavy atom. The standard InChI is InChI=1S/C18H18F2N4O2/c19-13-4-3-10(7-14(13)20)6-12(21)9-16(25)23-15-8-11-2-1-5-22-17(11)24-18(15)26/h1-5,7,12,15H,6,8-9,21H2,(H,23,25)(H,22,24,26)/t12-,15-/m1/s1. The fourth-order valence-corrected chi connectivity index (χ4v) is 2.88. The Bertz CT molecular complexity index is 844. The first-order valence-corrected chi connectivity index (χ1v) is 8.16. The van der Waals surface area contributed by atoms with E-state index in [-0.39, 0.29) is 24.7 Å². The zero-order valence-electron chi connectivity index (χ0n) is 13.8. The number of nitrogens with zero attached hydrogens (tertiary/aromatic N) is 1. The van der Waals surface area contributed by atoms with Gasteiger partial charge in [-0.15, -0.1) is 0 Å². The molecule has 136 valence electrons. The lowest BCUT2D eigenvalue weighted by Crippen LogP contribution is -2.49. The van der Waals surface area contributed by atoms with Gasteiger partial charge in [0.15, 0.2) is 11.6 Å². The SMILES string of the molecule is N[C@@H](CC(=O)N[C@@H]1Cc2cccnc2NC1=O)Cc1ccc(F)c(F)c1. The number of nitrogens with two attached hydrogens (primary N) is 1. The second kappa shape index (κ2) is 7.57. The van der Waals surface area contributed by atoms with Crippen LogP contribution in [0.3, 0.4) is 0 Å². The molecule has 3 rings (SSSR count). The molecule has 2 atom stereocenters. The minimum absolute atomic E-state index is 0.0390. The number of hydrogen-bond acceptors (Lipinski definition) is 4. The molecule has 1 aromatic carbocycles. The molecule has 2 heterocycles. The summed E-state index contributed by atoms with van der Waals surface area (Å²) in [6, 6.07) is 5.81. The molecule has 8 heteroatoms. The number of fused-ring (bicyclic) bond motifs is 1. The third kappa shape index (κ3) is 4.20. The van der Waals surface area contributed by atoms with E-state index < -0.39 is 23.7 Å². The summed E-state index contributed by atoms with van der Waals surface area (Å²) in [5.41, 5.74) is 7.26. The maximum atomic E-state index is 13.2. The Kier molecular flexibility index (Phi) is 5.22. The molecule has 1 aromatic heterocycles. The van der Waals surface area contributed by atoms with E-state index in [1.807, 2.05) is 6.07 Å². The van der Waals surface area contributed by atoms with Gasteiger partial charge in [0.25, 0.3) is 0 Å². The number of hydrogen-bond donors (Lipinski definition) is 3. The zero-order valence-corrected chi connectivity index (χ0v) is 13.8. The quantitative estimate of drug-likeness (QED) is 0.749. The number of rotatable bonds is 5. The van der Waals surface area contributed by atoms with Crippen molar-refractivity contribution in [2.45, 2.75) is 31.3 Å². The summed E-state index contributed by atoms with van der Waals surface area (Å²) in [5.74, 6) is -2.10. The van der Waals surface area contributed by atoms with Gasteiger partial charge in [-0.3, -0.25) is 9.59 Å². The van der Waals surface area contributed by atoms with Gasteiger partial charge in [0, 0.05) is 25.1 Å². The minimum Gasteiger partial charge on any atom is -0.344 e. The molecule has 1 aliphatic heterocycles. The summed E-state index contributed by atoms with van der Waals surface area (Å²) in [6.07, 6.45) is 2.10. The van der Waals surface area contributed by atoms with Crippen molar-refractivity contribution in [3.8, 4) is 0 Å². The van der Waals surface area contributed by atoms with E-state index in [2.05, 4.69) is 15.6 Å². The summed E-state index contributed by atoms with van der Waals surface area (Å²) < 4.78 is 26.2. The monoisotopic (exact) mass is 360 g/mol. The van der Waals surface area contributed by atoms with Gasteiger partial charge in [-0.1, -0.05) is 12.1 Å². The van der Waals surface area contributed by atoms with E-state index >= 15 is 0 Å². The molecule has 6 nitrogen and oxygen atoms in total. The molecule has 2 amide bonds. The number of aromatic nitrogens is 1. The molecule has 0 bridgehead atoms. The topological polar surface area (TPSA) is 97.1 Å². The number of halogens is 2. The molecule has 0 unspecified atom stereocenters. The molecular formula is C18H18F2N4O2. The highest BCUT2D eigenvalue weighted by atomic mass is 19.2. The van der Waals surface area contributed by atoms with Crippen LogP contribution in [0.25, 0.3) is 0 Å². The van der Waals surface area contributed by atoms with Crippen LogP contribution in [-0.2, 0) is 22.4 Å². The van der Waals surface area contributed by atoms with Crippen molar-refractivity contribution >= 4 is 17.6 Å². The number of carbonyl (C=O) groups is 2. The van der Waals surface area contributed by atoms with Crippen LogP contribution in [0.5, 0.6) is 0 Å². The number of benzene rings is 1. The molecule has 0 saturated carbocycles. The van der Waals surface area contributed by atoms with Crippen molar-refractivity contribution < 1.29 is 18.4 Å². The molecule has 0 radical (unpaired) electrons. The predicted octanol–water partition coefficient (Wildman–Crippen LogP) is 1.30. The Morgan fingerprint density at radius 3 is 2.92 bits per heavy atom. The van der Waals surface area contributed by atoms with E-state index in [0.717, 1.165) is 17.7 Å². The minimum atomic E-state index is -0.953. The first-order chi connectivity index (χ1) is 12.4. The van der Waals surface area contributed by atoms with Crippen molar-refractivity contribution in [1.29, 1.82) is 0 Å². The lowest BCUT2D eigenvalue weighted by atomic mass is 10.0. The fraction of sp³-hybridized carbons (Fsp3) is 0.278. The molecule has 0 fully saturated rings. The van der Waals surface area contributed by atoms with E-state index in [0.29, 0.717) is 17.8 Å².